The number of hydrogen-bond acceptors (Lipinski definition) is 2. The lowest BCUT2D eigenvalue weighted by molar-refractivity contribution is 0.234. The fourth-order valence-corrected chi connectivity index (χ4v) is 1.99. The van der Waals surface area contributed by atoms with E-state index in [-0.39, 0.29) is 6.10 Å². The summed E-state index contributed by atoms with van der Waals surface area (Å²) >= 11 is 0. The molecule has 0 N–H and O–H groups in total. The fraction of sp³-hybridized carbons (Fsp3) is 0.889. The zero-order chi connectivity index (χ0) is 9.61. The predicted octanol–water partition coefficient (Wildman–Crippen LogP) is 2.92. The van der Waals surface area contributed by atoms with E-state index in [1.54, 1.807) is 0 Å². The predicted molar refractivity (Wildman–Crippen MR) is 53.4 cm³/mol. The van der Waals surface area contributed by atoms with Gasteiger partial charge in [-0.05, 0) is 26.1 Å². The van der Waals surface area contributed by atoms with E-state index in [1.165, 1.54) is 0 Å². The molecule has 0 aromatic heterocycles. The van der Waals surface area contributed by atoms with Gasteiger partial charge in [0.2, 0.25) is 0 Å². The SMILES string of the molecule is CCCC[C@@H](C#N)O[Si](C)(C)C. The molecule has 0 unspecified atom stereocenters. The first-order valence-corrected chi connectivity index (χ1v) is 7.98. The highest BCUT2D eigenvalue weighted by molar-refractivity contribution is 6.69. The molecule has 0 heterocycles. The van der Waals surface area contributed by atoms with Crippen molar-refractivity contribution < 1.29 is 4.43 Å². The Morgan fingerprint density at radius 3 is 2.33 bits per heavy atom. The lowest BCUT2D eigenvalue weighted by atomic mass is 10.2. The van der Waals surface area contributed by atoms with Gasteiger partial charge in [-0.2, -0.15) is 5.26 Å². The lowest BCUT2D eigenvalue weighted by Gasteiger charge is -2.21. The highest BCUT2D eigenvalue weighted by atomic mass is 28.4. The van der Waals surface area contributed by atoms with Crippen LogP contribution in [0.4, 0.5) is 0 Å². The van der Waals surface area contributed by atoms with Crippen molar-refractivity contribution in [1.29, 1.82) is 5.26 Å². The van der Waals surface area contributed by atoms with Crippen molar-refractivity contribution in [3.63, 3.8) is 0 Å². The molecule has 3 heteroatoms. The van der Waals surface area contributed by atoms with Crippen LogP contribution < -0.4 is 0 Å². The summed E-state index contributed by atoms with van der Waals surface area (Å²) in [6, 6.07) is 2.21. The summed E-state index contributed by atoms with van der Waals surface area (Å²) < 4.78 is 5.67. The molecule has 0 aliphatic heterocycles. The van der Waals surface area contributed by atoms with Crippen LogP contribution in [0.1, 0.15) is 26.2 Å². The van der Waals surface area contributed by atoms with Crippen LogP contribution in [-0.2, 0) is 4.43 Å². The van der Waals surface area contributed by atoms with Gasteiger partial charge < -0.3 is 4.43 Å². The fourth-order valence-electron chi connectivity index (χ4n) is 0.966. The van der Waals surface area contributed by atoms with Gasteiger partial charge in [-0.15, -0.1) is 0 Å². The van der Waals surface area contributed by atoms with Gasteiger partial charge >= 0.3 is 0 Å². The van der Waals surface area contributed by atoms with Crippen LogP contribution in [0.5, 0.6) is 0 Å². The third-order valence-corrected chi connectivity index (χ3v) is 2.45. The van der Waals surface area contributed by atoms with Gasteiger partial charge in [0.25, 0.3) is 0 Å². The van der Waals surface area contributed by atoms with Crippen LogP contribution in [-0.4, -0.2) is 14.4 Å². The Bertz CT molecular complexity index is 157. The maximum absolute atomic E-state index is 8.76. The molecule has 0 rings (SSSR count). The van der Waals surface area contributed by atoms with E-state index in [0.717, 1.165) is 19.3 Å². The molecule has 0 bridgehead atoms. The van der Waals surface area contributed by atoms with E-state index in [9.17, 15) is 0 Å². The second kappa shape index (κ2) is 5.34. The molecule has 0 aromatic carbocycles. The molecule has 0 fully saturated rings. The summed E-state index contributed by atoms with van der Waals surface area (Å²) in [6.07, 6.45) is 2.93. The molecule has 0 aliphatic carbocycles. The number of nitrogens with zero attached hydrogens (tertiary/aromatic N) is 1. The highest BCUT2D eigenvalue weighted by Crippen LogP contribution is 2.11. The van der Waals surface area contributed by atoms with Gasteiger partial charge in [0.1, 0.15) is 6.10 Å². The first-order chi connectivity index (χ1) is 5.49. The molecular formula is C9H19NOSi. The van der Waals surface area contributed by atoms with Crippen LogP contribution in [0.2, 0.25) is 19.6 Å². The molecule has 0 amide bonds. The molecular weight excluding hydrogens is 166 g/mol. The van der Waals surface area contributed by atoms with E-state index in [4.69, 9.17) is 9.69 Å². The zero-order valence-corrected chi connectivity index (χ0v) is 9.55. The lowest BCUT2D eigenvalue weighted by Crippen LogP contribution is -2.31. The van der Waals surface area contributed by atoms with Crippen LogP contribution in [0.15, 0.2) is 0 Å². The van der Waals surface area contributed by atoms with Crippen molar-refractivity contribution in [3.8, 4) is 6.07 Å². The molecule has 2 nitrogen and oxygen atoms in total. The molecule has 0 aliphatic rings. The van der Waals surface area contributed by atoms with Gasteiger partial charge in [-0.1, -0.05) is 19.8 Å². The molecule has 0 saturated carbocycles. The van der Waals surface area contributed by atoms with E-state index in [0.29, 0.717) is 0 Å². The second-order valence-electron chi connectivity index (χ2n) is 3.99. The van der Waals surface area contributed by atoms with Crippen molar-refractivity contribution in [2.24, 2.45) is 0 Å². The summed E-state index contributed by atoms with van der Waals surface area (Å²) in [5, 5.41) is 8.76. The highest BCUT2D eigenvalue weighted by Gasteiger charge is 2.19. The average Bonchev–Trinajstić information content (AvgIpc) is 1.95. The number of unbranched alkanes of at least 4 members (excludes halogenated alkanes) is 1. The van der Waals surface area contributed by atoms with E-state index >= 15 is 0 Å². The van der Waals surface area contributed by atoms with Gasteiger partial charge in [0, 0.05) is 0 Å². The average molecular weight is 185 g/mol. The van der Waals surface area contributed by atoms with Gasteiger partial charge in [0.15, 0.2) is 8.32 Å². The zero-order valence-electron chi connectivity index (χ0n) is 8.55. The largest absolute Gasteiger partial charge is 0.402 e. The summed E-state index contributed by atoms with van der Waals surface area (Å²) in [4.78, 5) is 0. The molecule has 1 atom stereocenters. The third kappa shape index (κ3) is 6.38. The number of nitriles is 1. The van der Waals surface area contributed by atoms with E-state index in [2.05, 4.69) is 32.6 Å². The molecule has 0 aromatic rings. The van der Waals surface area contributed by atoms with E-state index in [1.807, 2.05) is 0 Å². The normalized spacial score (nSPS) is 13.9. The Balaban J connectivity index is 3.78. The van der Waals surface area contributed by atoms with Crippen LogP contribution in [0, 0.1) is 11.3 Å². The Morgan fingerprint density at radius 2 is 2.00 bits per heavy atom. The van der Waals surface area contributed by atoms with E-state index < -0.39 is 8.32 Å². The Kier molecular flexibility index (Phi) is 5.19. The van der Waals surface area contributed by atoms with Crippen molar-refractivity contribution in [1.82, 2.24) is 0 Å². The summed E-state index contributed by atoms with van der Waals surface area (Å²) in [5.74, 6) is 0. The Hall–Kier alpha value is -0.333. The quantitative estimate of drug-likeness (QED) is 0.617. The first kappa shape index (κ1) is 11.7. The maximum Gasteiger partial charge on any atom is 0.185 e. The smallest absolute Gasteiger partial charge is 0.185 e. The minimum absolute atomic E-state index is 0.170. The van der Waals surface area contributed by atoms with Gasteiger partial charge in [0.05, 0.1) is 6.07 Å². The van der Waals surface area contributed by atoms with Crippen LogP contribution in [0.25, 0.3) is 0 Å². The summed E-state index contributed by atoms with van der Waals surface area (Å²) in [5.41, 5.74) is 0. The molecule has 0 spiro atoms. The van der Waals surface area contributed by atoms with Crippen LogP contribution in [0.3, 0.4) is 0 Å². The molecule has 70 valence electrons. The topological polar surface area (TPSA) is 33.0 Å². The van der Waals surface area contributed by atoms with Crippen molar-refractivity contribution in [2.75, 3.05) is 0 Å². The third-order valence-electron chi connectivity index (χ3n) is 1.46. The van der Waals surface area contributed by atoms with Crippen LogP contribution >= 0.6 is 0 Å². The molecule has 12 heavy (non-hydrogen) atoms. The summed E-state index contributed by atoms with van der Waals surface area (Å²) in [7, 11) is -1.51. The first-order valence-electron chi connectivity index (χ1n) is 4.57. The van der Waals surface area contributed by atoms with Crippen molar-refractivity contribution in [2.45, 2.75) is 51.9 Å². The Morgan fingerprint density at radius 1 is 1.42 bits per heavy atom. The van der Waals surface area contributed by atoms with Crippen molar-refractivity contribution >= 4 is 8.32 Å². The number of rotatable bonds is 5. The van der Waals surface area contributed by atoms with Crippen molar-refractivity contribution in [3.05, 3.63) is 0 Å². The minimum Gasteiger partial charge on any atom is -0.402 e. The summed E-state index contributed by atoms with van der Waals surface area (Å²) in [6.45, 7) is 8.47. The second-order valence-corrected chi connectivity index (χ2v) is 8.45. The standard InChI is InChI=1S/C9H19NOSi/c1-5-6-7-9(8-10)11-12(2,3)4/h9H,5-7H2,1-4H3/t9-/m0/s1. The molecule has 0 saturated heterocycles. The van der Waals surface area contributed by atoms with Gasteiger partial charge in [-0.25, -0.2) is 0 Å². The number of hydrogen-bond donors (Lipinski definition) is 0. The Labute approximate surface area is 76.7 Å². The monoisotopic (exact) mass is 185 g/mol. The minimum atomic E-state index is -1.51. The van der Waals surface area contributed by atoms with Gasteiger partial charge in [-0.3, -0.25) is 0 Å². The molecule has 0 radical (unpaired) electrons. The maximum atomic E-state index is 8.76.